The number of para-hydroxylation sites is 1. The summed E-state index contributed by atoms with van der Waals surface area (Å²) in [6.07, 6.45) is 3.68. The fourth-order valence-electron chi connectivity index (χ4n) is 4.07. The van der Waals surface area contributed by atoms with Gasteiger partial charge in [-0.05, 0) is 62.9 Å². The fourth-order valence-corrected chi connectivity index (χ4v) is 4.07. The van der Waals surface area contributed by atoms with Crippen LogP contribution in [0.3, 0.4) is 0 Å². The summed E-state index contributed by atoms with van der Waals surface area (Å²) in [4.78, 5) is 7.41. The number of aromatic hydroxyl groups is 1. The van der Waals surface area contributed by atoms with Crippen molar-refractivity contribution in [2.45, 2.75) is 33.1 Å². The van der Waals surface area contributed by atoms with Crippen LogP contribution in [0.2, 0.25) is 0 Å². The third kappa shape index (κ3) is 4.07. The number of aromatic nitrogens is 1. The van der Waals surface area contributed by atoms with E-state index in [1.54, 1.807) is 12.1 Å². The quantitative estimate of drug-likeness (QED) is 0.598. The van der Waals surface area contributed by atoms with E-state index >= 15 is 0 Å². The number of benzene rings is 2. The van der Waals surface area contributed by atoms with Crippen molar-refractivity contribution < 1.29 is 9.84 Å². The summed E-state index contributed by atoms with van der Waals surface area (Å²) in [5, 5.41) is 9.70. The topological polar surface area (TPSA) is 45.6 Å². The predicted molar refractivity (Wildman–Crippen MR) is 119 cm³/mol. The summed E-state index contributed by atoms with van der Waals surface area (Å²) < 4.78 is 6.04. The summed E-state index contributed by atoms with van der Waals surface area (Å²) >= 11 is 0. The molecule has 3 aromatic rings. The lowest BCUT2D eigenvalue weighted by atomic mass is 9.96. The number of piperidine rings is 1. The normalized spacial score (nSPS) is 14.1. The number of nitrogens with zero attached hydrogens (tertiary/aromatic N) is 2. The highest BCUT2D eigenvalue weighted by molar-refractivity contribution is 5.90. The minimum atomic E-state index is 0.266. The SMILES string of the molecule is CCOc1cccc(-c2nc(C)ccc2-c2ccc(O)cc2)c1N1CCCCC1. The minimum absolute atomic E-state index is 0.266. The van der Waals surface area contributed by atoms with Crippen LogP contribution in [0.5, 0.6) is 11.5 Å². The van der Waals surface area contributed by atoms with Crippen LogP contribution in [0.25, 0.3) is 22.4 Å². The lowest BCUT2D eigenvalue weighted by Crippen LogP contribution is -2.30. The van der Waals surface area contributed by atoms with E-state index < -0.39 is 0 Å². The van der Waals surface area contributed by atoms with E-state index in [0.29, 0.717) is 6.61 Å². The van der Waals surface area contributed by atoms with Crippen LogP contribution in [-0.4, -0.2) is 29.8 Å². The molecule has 4 nitrogen and oxygen atoms in total. The van der Waals surface area contributed by atoms with Crippen molar-refractivity contribution in [2.75, 3.05) is 24.6 Å². The molecule has 0 unspecified atom stereocenters. The van der Waals surface area contributed by atoms with Gasteiger partial charge in [0.15, 0.2) is 0 Å². The van der Waals surface area contributed by atoms with E-state index in [-0.39, 0.29) is 5.75 Å². The van der Waals surface area contributed by atoms with Gasteiger partial charge < -0.3 is 14.7 Å². The Kier molecular flexibility index (Phi) is 5.70. The van der Waals surface area contributed by atoms with Crippen molar-refractivity contribution in [1.82, 2.24) is 4.98 Å². The maximum Gasteiger partial charge on any atom is 0.143 e. The Bertz CT molecular complexity index is 977. The van der Waals surface area contributed by atoms with Gasteiger partial charge in [0.1, 0.15) is 11.5 Å². The molecule has 1 fully saturated rings. The maximum absolute atomic E-state index is 9.70. The van der Waals surface area contributed by atoms with Crippen molar-refractivity contribution in [3.63, 3.8) is 0 Å². The zero-order valence-electron chi connectivity index (χ0n) is 17.2. The second-order valence-corrected chi connectivity index (χ2v) is 7.53. The highest BCUT2D eigenvalue weighted by Crippen LogP contribution is 2.42. The van der Waals surface area contributed by atoms with E-state index in [2.05, 4.69) is 29.2 Å². The number of phenols is 1. The first-order valence-corrected chi connectivity index (χ1v) is 10.5. The zero-order valence-corrected chi connectivity index (χ0v) is 17.2. The number of hydrogen-bond acceptors (Lipinski definition) is 4. The molecule has 0 bridgehead atoms. The number of phenolic OH excluding ortho intramolecular Hbond substituents is 1. The van der Waals surface area contributed by atoms with Gasteiger partial charge in [0.25, 0.3) is 0 Å². The standard InChI is InChI=1S/C25H28N2O2/c1-3-29-23-9-7-8-22(25(23)27-16-5-4-6-17-27)24-21(15-10-18(2)26-24)19-11-13-20(28)14-12-19/h7-15,28H,3-6,16-17H2,1-2H3. The molecule has 1 aromatic heterocycles. The van der Waals surface area contributed by atoms with Crippen LogP contribution in [0, 0.1) is 6.92 Å². The summed E-state index contributed by atoms with van der Waals surface area (Å²) in [5.74, 6) is 1.19. The Hall–Kier alpha value is -3.01. The van der Waals surface area contributed by atoms with Crippen LogP contribution in [-0.2, 0) is 0 Å². The fraction of sp³-hybridized carbons (Fsp3) is 0.320. The molecular weight excluding hydrogens is 360 g/mol. The first kappa shape index (κ1) is 19.3. The Morgan fingerprint density at radius 3 is 2.41 bits per heavy atom. The average Bonchev–Trinajstić information content (AvgIpc) is 2.75. The molecule has 1 N–H and O–H groups in total. The van der Waals surface area contributed by atoms with Crippen LogP contribution in [0.4, 0.5) is 5.69 Å². The van der Waals surface area contributed by atoms with Gasteiger partial charge in [-0.25, -0.2) is 0 Å². The van der Waals surface area contributed by atoms with Gasteiger partial charge in [0.2, 0.25) is 0 Å². The van der Waals surface area contributed by atoms with Crippen molar-refractivity contribution in [3.8, 4) is 33.9 Å². The van der Waals surface area contributed by atoms with Gasteiger partial charge in [-0.3, -0.25) is 4.98 Å². The Balaban J connectivity index is 1.91. The van der Waals surface area contributed by atoms with Crippen molar-refractivity contribution >= 4 is 5.69 Å². The van der Waals surface area contributed by atoms with Crippen molar-refractivity contribution in [3.05, 3.63) is 60.3 Å². The van der Waals surface area contributed by atoms with Gasteiger partial charge in [0.05, 0.1) is 18.0 Å². The smallest absolute Gasteiger partial charge is 0.143 e. The maximum atomic E-state index is 9.70. The van der Waals surface area contributed by atoms with Gasteiger partial charge in [-0.2, -0.15) is 0 Å². The molecule has 1 saturated heterocycles. The molecule has 0 saturated carbocycles. The van der Waals surface area contributed by atoms with Gasteiger partial charge in [-0.15, -0.1) is 0 Å². The van der Waals surface area contributed by atoms with Gasteiger partial charge >= 0.3 is 0 Å². The monoisotopic (exact) mass is 388 g/mol. The number of pyridine rings is 1. The molecule has 29 heavy (non-hydrogen) atoms. The van der Waals surface area contributed by atoms with E-state index in [1.165, 1.54) is 19.3 Å². The van der Waals surface area contributed by atoms with Crippen LogP contribution in [0.15, 0.2) is 54.6 Å². The second-order valence-electron chi connectivity index (χ2n) is 7.53. The highest BCUT2D eigenvalue weighted by atomic mass is 16.5. The summed E-state index contributed by atoms with van der Waals surface area (Å²) in [7, 11) is 0. The molecule has 2 heterocycles. The van der Waals surface area contributed by atoms with Crippen LogP contribution < -0.4 is 9.64 Å². The number of rotatable bonds is 5. The zero-order chi connectivity index (χ0) is 20.2. The molecule has 0 radical (unpaired) electrons. The Morgan fingerprint density at radius 2 is 1.69 bits per heavy atom. The molecule has 0 atom stereocenters. The van der Waals surface area contributed by atoms with Crippen LogP contribution in [0.1, 0.15) is 31.9 Å². The first-order valence-electron chi connectivity index (χ1n) is 10.5. The number of hydrogen-bond donors (Lipinski definition) is 1. The Labute approximate surface area is 172 Å². The number of ether oxygens (including phenoxy) is 1. The van der Waals surface area contributed by atoms with Crippen molar-refractivity contribution in [2.24, 2.45) is 0 Å². The molecular formula is C25H28N2O2. The number of anilines is 1. The van der Waals surface area contributed by atoms with E-state index in [1.807, 2.05) is 32.0 Å². The highest BCUT2D eigenvalue weighted by Gasteiger charge is 2.22. The summed E-state index contributed by atoms with van der Waals surface area (Å²) in [5.41, 5.74) is 6.28. The third-order valence-electron chi connectivity index (χ3n) is 5.44. The molecule has 4 rings (SSSR count). The molecule has 150 valence electrons. The predicted octanol–water partition coefficient (Wildman–Crippen LogP) is 5.82. The molecule has 1 aliphatic heterocycles. The first-order chi connectivity index (χ1) is 14.2. The van der Waals surface area contributed by atoms with E-state index in [4.69, 9.17) is 9.72 Å². The Morgan fingerprint density at radius 1 is 0.931 bits per heavy atom. The van der Waals surface area contributed by atoms with Gasteiger partial charge in [-0.1, -0.05) is 30.3 Å². The van der Waals surface area contributed by atoms with Crippen molar-refractivity contribution in [1.29, 1.82) is 0 Å². The molecule has 4 heteroatoms. The lowest BCUT2D eigenvalue weighted by molar-refractivity contribution is 0.340. The second kappa shape index (κ2) is 8.56. The van der Waals surface area contributed by atoms with Gasteiger partial charge in [0, 0.05) is 29.9 Å². The molecule has 0 amide bonds. The largest absolute Gasteiger partial charge is 0.508 e. The molecule has 2 aromatic carbocycles. The van der Waals surface area contributed by atoms with Crippen LogP contribution >= 0.6 is 0 Å². The molecule has 1 aliphatic rings. The van der Waals surface area contributed by atoms with E-state index in [0.717, 1.165) is 52.6 Å². The molecule has 0 spiro atoms. The molecule has 0 aliphatic carbocycles. The summed E-state index contributed by atoms with van der Waals surface area (Å²) in [6, 6.07) is 17.8. The third-order valence-corrected chi connectivity index (χ3v) is 5.44. The summed E-state index contributed by atoms with van der Waals surface area (Å²) in [6.45, 7) is 6.77. The minimum Gasteiger partial charge on any atom is -0.508 e. The lowest BCUT2D eigenvalue weighted by Gasteiger charge is -2.32. The number of aryl methyl sites for hydroxylation is 1. The average molecular weight is 389 g/mol. The van der Waals surface area contributed by atoms with E-state index in [9.17, 15) is 5.11 Å².